The highest BCUT2D eigenvalue weighted by molar-refractivity contribution is 5.95. The Balaban J connectivity index is 1.15. The van der Waals surface area contributed by atoms with E-state index < -0.39 is 0 Å². The van der Waals surface area contributed by atoms with Gasteiger partial charge in [0.2, 0.25) is 0 Å². The molecule has 2 aliphatic rings. The summed E-state index contributed by atoms with van der Waals surface area (Å²) in [6.07, 6.45) is 0. The van der Waals surface area contributed by atoms with Crippen LogP contribution in [0, 0.1) is 0 Å². The smallest absolute Gasteiger partial charge is 0.0540 e. The van der Waals surface area contributed by atoms with Crippen LogP contribution in [0.15, 0.2) is 182 Å². The fourth-order valence-corrected chi connectivity index (χ4v) is 10.6. The van der Waals surface area contributed by atoms with Gasteiger partial charge in [0.05, 0.1) is 5.69 Å². The Morgan fingerprint density at radius 3 is 1.52 bits per heavy atom. The van der Waals surface area contributed by atoms with Gasteiger partial charge in [0.25, 0.3) is 0 Å². The monoisotopic (exact) mass is 803 g/mol. The van der Waals surface area contributed by atoms with Crippen LogP contribution in [-0.4, -0.2) is 0 Å². The van der Waals surface area contributed by atoms with Crippen LogP contribution in [0.1, 0.15) is 101 Å². The van der Waals surface area contributed by atoms with E-state index in [9.17, 15) is 0 Å². The molecule has 1 nitrogen and oxygen atoms in total. The van der Waals surface area contributed by atoms with E-state index in [1.807, 2.05) is 0 Å². The van der Waals surface area contributed by atoms with Crippen molar-refractivity contribution in [2.45, 2.75) is 84.0 Å². The highest BCUT2D eigenvalue weighted by Gasteiger charge is 2.41. The second-order valence-corrected chi connectivity index (χ2v) is 20.4. The third kappa shape index (κ3) is 6.27. The van der Waals surface area contributed by atoms with Crippen molar-refractivity contribution in [1.29, 1.82) is 0 Å². The Morgan fingerprint density at radius 2 is 0.871 bits per heavy atom. The summed E-state index contributed by atoms with van der Waals surface area (Å²) in [7, 11) is 0. The Kier molecular flexibility index (Phi) is 9.16. The van der Waals surface area contributed by atoms with Gasteiger partial charge in [-0.25, -0.2) is 0 Å². The molecule has 10 rings (SSSR count). The number of anilines is 3. The van der Waals surface area contributed by atoms with Gasteiger partial charge in [-0.3, -0.25) is 0 Å². The van der Waals surface area contributed by atoms with Crippen molar-refractivity contribution in [3.05, 3.63) is 221 Å². The second kappa shape index (κ2) is 14.3. The minimum absolute atomic E-state index is 0.0391. The highest BCUT2D eigenvalue weighted by atomic mass is 15.1. The van der Waals surface area contributed by atoms with Crippen LogP contribution in [0.25, 0.3) is 44.5 Å². The summed E-state index contributed by atoms with van der Waals surface area (Å²) in [5, 5.41) is 0. The average Bonchev–Trinajstić information content (AvgIpc) is 3.68. The Bertz CT molecular complexity index is 2970. The zero-order valence-corrected chi connectivity index (χ0v) is 37.8. The van der Waals surface area contributed by atoms with Crippen molar-refractivity contribution in [3.8, 4) is 44.5 Å². The van der Waals surface area contributed by atoms with E-state index in [1.54, 1.807) is 0 Å². The molecule has 0 aromatic heterocycles. The van der Waals surface area contributed by atoms with Crippen molar-refractivity contribution in [1.82, 2.24) is 0 Å². The number of para-hydroxylation sites is 1. The van der Waals surface area contributed by atoms with Gasteiger partial charge in [-0.15, -0.1) is 0 Å². The highest BCUT2D eigenvalue weighted by Crippen LogP contribution is 2.55. The lowest BCUT2D eigenvalue weighted by Crippen LogP contribution is -2.22. The molecule has 8 aromatic rings. The summed E-state index contributed by atoms with van der Waals surface area (Å²) in [5.74, 6) is 0. The van der Waals surface area contributed by atoms with Gasteiger partial charge < -0.3 is 4.90 Å². The van der Waals surface area contributed by atoms with Crippen LogP contribution < -0.4 is 4.90 Å². The Labute approximate surface area is 369 Å². The molecule has 1 unspecified atom stereocenters. The largest absolute Gasteiger partial charge is 0.310 e. The van der Waals surface area contributed by atoms with Crippen molar-refractivity contribution >= 4 is 17.1 Å². The van der Waals surface area contributed by atoms with Gasteiger partial charge in [0, 0.05) is 27.8 Å². The second-order valence-electron chi connectivity index (χ2n) is 20.4. The lowest BCUT2D eigenvalue weighted by atomic mass is 9.74. The summed E-state index contributed by atoms with van der Waals surface area (Å²) >= 11 is 0. The molecule has 8 aromatic carbocycles. The first-order valence-electron chi connectivity index (χ1n) is 22.3. The number of rotatable bonds is 6. The first-order valence-corrected chi connectivity index (χ1v) is 22.3. The van der Waals surface area contributed by atoms with Crippen LogP contribution in [0.4, 0.5) is 17.1 Å². The number of hydrogen-bond donors (Lipinski definition) is 0. The molecule has 0 spiro atoms. The molecular weight excluding hydrogens is 747 g/mol. The average molecular weight is 804 g/mol. The third-order valence-corrected chi connectivity index (χ3v) is 14.0. The summed E-state index contributed by atoms with van der Waals surface area (Å²) in [6.45, 7) is 21.2. The van der Waals surface area contributed by atoms with Crippen LogP contribution in [0.5, 0.6) is 0 Å². The topological polar surface area (TPSA) is 3.24 Å². The zero-order chi connectivity index (χ0) is 43.2. The summed E-state index contributed by atoms with van der Waals surface area (Å²) < 4.78 is 0. The van der Waals surface area contributed by atoms with Crippen molar-refractivity contribution in [3.63, 3.8) is 0 Å². The van der Waals surface area contributed by atoms with E-state index in [-0.39, 0.29) is 21.7 Å². The summed E-state index contributed by atoms with van der Waals surface area (Å²) in [4.78, 5) is 2.52. The molecule has 2 aliphatic carbocycles. The predicted octanol–water partition coefficient (Wildman–Crippen LogP) is 16.7. The Hall–Kier alpha value is -6.44. The van der Waals surface area contributed by atoms with Gasteiger partial charge in [-0.05, 0) is 132 Å². The van der Waals surface area contributed by atoms with Gasteiger partial charge >= 0.3 is 0 Å². The zero-order valence-electron chi connectivity index (χ0n) is 37.8. The quantitative estimate of drug-likeness (QED) is 0.162. The third-order valence-electron chi connectivity index (χ3n) is 14.0. The van der Waals surface area contributed by atoms with Crippen molar-refractivity contribution in [2.75, 3.05) is 4.90 Å². The minimum Gasteiger partial charge on any atom is -0.310 e. The molecule has 0 saturated carbocycles. The van der Waals surface area contributed by atoms with E-state index in [0.29, 0.717) is 0 Å². The number of benzene rings is 8. The van der Waals surface area contributed by atoms with E-state index in [2.05, 4.69) is 249 Å². The van der Waals surface area contributed by atoms with Gasteiger partial charge in [-0.2, -0.15) is 0 Å². The minimum atomic E-state index is -0.250. The molecule has 306 valence electrons. The lowest BCUT2D eigenvalue weighted by Gasteiger charge is -2.33. The van der Waals surface area contributed by atoms with Crippen molar-refractivity contribution in [2.24, 2.45) is 0 Å². The molecule has 0 bridgehead atoms. The molecule has 0 aliphatic heterocycles. The van der Waals surface area contributed by atoms with Gasteiger partial charge in [-0.1, -0.05) is 201 Å². The lowest BCUT2D eigenvalue weighted by molar-refractivity contribution is 0.569. The van der Waals surface area contributed by atoms with Crippen LogP contribution >= 0.6 is 0 Å². The normalized spacial score (nSPS) is 16.0. The van der Waals surface area contributed by atoms with Crippen LogP contribution in [-0.2, 0) is 21.7 Å². The maximum atomic E-state index is 2.52. The van der Waals surface area contributed by atoms with Gasteiger partial charge in [0.15, 0.2) is 0 Å². The molecule has 0 saturated heterocycles. The molecule has 0 fully saturated rings. The standard InChI is InChI=1S/C61H57N/c1-58(2,3)43-37-44(59(4,5)6)39-46(38-43)62(56-29-18-15-24-50(56)52-26-19-25-51-48-23-13-16-27-53(48)60(7,8)57(51)52)45-33-30-40(31-34-45)41-32-35-49-47-22-14-17-28-54(47)61(9,55(49)36-41)42-20-11-10-12-21-42/h10-39H,1-9H3. The Morgan fingerprint density at radius 1 is 0.371 bits per heavy atom. The van der Waals surface area contributed by atoms with E-state index in [4.69, 9.17) is 0 Å². The molecule has 1 atom stereocenters. The van der Waals surface area contributed by atoms with Gasteiger partial charge in [0.1, 0.15) is 0 Å². The fraction of sp³-hybridized carbons (Fsp3) is 0.213. The molecular formula is C61H57N. The molecule has 62 heavy (non-hydrogen) atoms. The fourth-order valence-electron chi connectivity index (χ4n) is 10.6. The van der Waals surface area contributed by atoms with Crippen LogP contribution in [0.3, 0.4) is 0 Å². The van der Waals surface area contributed by atoms with Crippen LogP contribution in [0.2, 0.25) is 0 Å². The molecule has 0 radical (unpaired) electrons. The first-order chi connectivity index (χ1) is 29.7. The molecule has 1 heteroatoms. The molecule has 0 N–H and O–H groups in total. The molecule has 0 amide bonds. The predicted molar refractivity (Wildman–Crippen MR) is 264 cm³/mol. The summed E-state index contributed by atoms with van der Waals surface area (Å²) in [5.41, 5.74) is 22.7. The van der Waals surface area contributed by atoms with E-state index >= 15 is 0 Å². The number of fused-ring (bicyclic) bond motifs is 6. The SMILES string of the molecule is CC(C)(C)c1cc(N(c2ccc(-c3ccc4c(c3)C(C)(c3ccccc3)c3ccccc3-4)cc2)c2ccccc2-c2cccc3c2C(C)(C)c2ccccc2-3)cc(C(C)(C)C)c1. The molecule has 0 heterocycles. The van der Waals surface area contributed by atoms with Crippen molar-refractivity contribution < 1.29 is 0 Å². The van der Waals surface area contributed by atoms with E-state index in [0.717, 1.165) is 5.69 Å². The number of nitrogens with zero attached hydrogens (tertiary/aromatic N) is 1. The first kappa shape index (κ1) is 39.7. The maximum absolute atomic E-state index is 2.52. The van der Waals surface area contributed by atoms with E-state index in [1.165, 1.54) is 94.8 Å². The maximum Gasteiger partial charge on any atom is 0.0540 e. The number of hydrogen-bond acceptors (Lipinski definition) is 1. The summed E-state index contributed by atoms with van der Waals surface area (Å²) in [6, 6.07) is 68.6.